The molecule has 2 aromatic rings. The van der Waals surface area contributed by atoms with Crippen molar-refractivity contribution in [3.8, 4) is 0 Å². The number of hydrogen-bond donors (Lipinski definition) is 2. The van der Waals surface area contributed by atoms with Crippen LogP contribution in [0.3, 0.4) is 0 Å². The topological polar surface area (TPSA) is 61.0 Å². The maximum atomic E-state index is 13.8. The zero-order chi connectivity index (χ0) is 18.7. The molecule has 1 aromatic carbocycles. The molecule has 1 saturated heterocycles. The van der Waals surface area contributed by atoms with E-state index in [-0.39, 0.29) is 16.9 Å². The van der Waals surface area contributed by atoms with E-state index in [1.807, 2.05) is 6.20 Å². The van der Waals surface area contributed by atoms with Gasteiger partial charge in [0.05, 0.1) is 11.8 Å². The van der Waals surface area contributed by atoms with Crippen LogP contribution in [0.25, 0.3) is 0 Å². The Labute approximate surface area is 154 Å². The number of nitrogens with zero attached hydrogens (tertiary/aromatic N) is 2. The second-order valence-corrected chi connectivity index (χ2v) is 7.95. The van der Waals surface area contributed by atoms with Crippen LogP contribution in [-0.2, 0) is 12.0 Å². The maximum absolute atomic E-state index is 13.8. The quantitative estimate of drug-likeness (QED) is 0.882. The number of amides is 1. The van der Waals surface area contributed by atoms with Crippen LogP contribution in [0.2, 0.25) is 0 Å². The predicted octanol–water partition coefficient (Wildman–Crippen LogP) is 3.24. The molecule has 1 aliphatic heterocycles. The summed E-state index contributed by atoms with van der Waals surface area (Å²) in [6, 6.07) is 6.53. The van der Waals surface area contributed by atoms with Crippen molar-refractivity contribution in [2.75, 3.05) is 13.1 Å². The van der Waals surface area contributed by atoms with E-state index in [0.29, 0.717) is 19.1 Å². The Morgan fingerprint density at radius 1 is 1.31 bits per heavy atom. The van der Waals surface area contributed by atoms with Gasteiger partial charge >= 0.3 is 0 Å². The van der Waals surface area contributed by atoms with E-state index in [1.165, 1.54) is 11.6 Å². The average molecular weight is 358 g/mol. The first kappa shape index (κ1) is 18.6. The van der Waals surface area contributed by atoms with E-state index in [1.54, 1.807) is 23.1 Å². The van der Waals surface area contributed by atoms with Crippen LogP contribution in [0.4, 0.5) is 4.39 Å². The van der Waals surface area contributed by atoms with Gasteiger partial charge in [0.25, 0.3) is 5.91 Å². The summed E-state index contributed by atoms with van der Waals surface area (Å²) in [5.41, 5.74) is 2.52. The summed E-state index contributed by atoms with van der Waals surface area (Å²) in [4.78, 5) is 14.2. The van der Waals surface area contributed by atoms with E-state index >= 15 is 0 Å². The summed E-state index contributed by atoms with van der Waals surface area (Å²) >= 11 is 0. The van der Waals surface area contributed by atoms with Gasteiger partial charge < -0.3 is 10.2 Å². The van der Waals surface area contributed by atoms with Gasteiger partial charge in [0.2, 0.25) is 0 Å². The minimum absolute atomic E-state index is 0.0308. The molecule has 1 fully saturated rings. The van der Waals surface area contributed by atoms with Crippen molar-refractivity contribution in [1.82, 2.24) is 20.4 Å². The molecular formula is C20H27FN4O. The Morgan fingerprint density at radius 3 is 2.65 bits per heavy atom. The third-order valence-corrected chi connectivity index (χ3v) is 4.94. The molecule has 0 unspecified atom stereocenters. The van der Waals surface area contributed by atoms with Crippen LogP contribution in [0.1, 0.15) is 55.2 Å². The van der Waals surface area contributed by atoms with Crippen molar-refractivity contribution in [1.29, 1.82) is 0 Å². The molecule has 2 heterocycles. The van der Waals surface area contributed by atoms with E-state index < -0.39 is 5.82 Å². The van der Waals surface area contributed by atoms with E-state index in [4.69, 9.17) is 0 Å². The molecule has 0 bridgehead atoms. The average Bonchev–Trinajstić information content (AvgIpc) is 3.09. The van der Waals surface area contributed by atoms with Gasteiger partial charge in [-0.25, -0.2) is 4.39 Å². The smallest absolute Gasteiger partial charge is 0.256 e. The number of piperidine rings is 1. The number of carbonyl (C=O) groups excluding carboxylic acids is 1. The SMILES string of the molecule is CC(C)(C)c1[nH]ncc1CNC1CCN(C(=O)c2ccccc2F)CC1. The first-order valence-corrected chi connectivity index (χ1v) is 9.16. The molecule has 0 aliphatic carbocycles. The molecule has 26 heavy (non-hydrogen) atoms. The number of likely N-dealkylation sites (tertiary alicyclic amines) is 1. The summed E-state index contributed by atoms with van der Waals surface area (Å²) in [6.45, 7) is 8.53. The fourth-order valence-corrected chi connectivity index (χ4v) is 3.44. The zero-order valence-electron chi connectivity index (χ0n) is 15.7. The maximum Gasteiger partial charge on any atom is 0.256 e. The third kappa shape index (κ3) is 4.12. The fourth-order valence-electron chi connectivity index (χ4n) is 3.44. The standard InChI is InChI=1S/C20H27FN4O/c1-20(2,3)18-14(13-23-24-18)12-22-15-8-10-25(11-9-15)19(26)16-6-4-5-7-17(16)21/h4-7,13,15,22H,8-12H2,1-3H3,(H,23,24). The number of H-pyrrole nitrogens is 1. The Balaban J connectivity index is 1.53. The van der Waals surface area contributed by atoms with Crippen LogP contribution in [0, 0.1) is 5.82 Å². The molecular weight excluding hydrogens is 331 g/mol. The number of aromatic nitrogens is 2. The molecule has 3 rings (SSSR count). The summed E-state index contributed by atoms with van der Waals surface area (Å²) in [7, 11) is 0. The second kappa shape index (κ2) is 7.58. The molecule has 0 radical (unpaired) electrons. The van der Waals surface area contributed by atoms with Crippen LogP contribution >= 0.6 is 0 Å². The van der Waals surface area contributed by atoms with Gasteiger partial charge in [0.1, 0.15) is 5.82 Å². The molecule has 1 amide bonds. The lowest BCUT2D eigenvalue weighted by molar-refractivity contribution is 0.0700. The van der Waals surface area contributed by atoms with Crippen molar-refractivity contribution in [3.05, 3.63) is 53.1 Å². The first-order chi connectivity index (χ1) is 12.4. The normalized spacial score (nSPS) is 16.1. The van der Waals surface area contributed by atoms with Crippen LogP contribution < -0.4 is 5.32 Å². The summed E-state index contributed by atoms with van der Waals surface area (Å²) in [6.07, 6.45) is 3.61. The molecule has 1 aromatic heterocycles. The summed E-state index contributed by atoms with van der Waals surface area (Å²) in [5.74, 6) is -0.668. The third-order valence-electron chi connectivity index (χ3n) is 4.94. The van der Waals surface area contributed by atoms with Crippen molar-refractivity contribution in [2.24, 2.45) is 0 Å². The van der Waals surface area contributed by atoms with E-state index in [9.17, 15) is 9.18 Å². The lowest BCUT2D eigenvalue weighted by Gasteiger charge is -2.32. The number of benzene rings is 1. The molecule has 0 spiro atoms. The number of halogens is 1. The highest BCUT2D eigenvalue weighted by Gasteiger charge is 2.26. The molecule has 140 valence electrons. The lowest BCUT2D eigenvalue weighted by atomic mass is 9.89. The Kier molecular flexibility index (Phi) is 5.41. The Morgan fingerprint density at radius 2 is 2.00 bits per heavy atom. The minimum atomic E-state index is -0.451. The number of hydrogen-bond acceptors (Lipinski definition) is 3. The summed E-state index contributed by atoms with van der Waals surface area (Å²) in [5, 5.41) is 10.9. The van der Waals surface area contributed by atoms with Crippen LogP contribution in [-0.4, -0.2) is 40.1 Å². The highest BCUT2D eigenvalue weighted by atomic mass is 19.1. The molecule has 6 heteroatoms. The van der Waals surface area contributed by atoms with Gasteiger partial charge in [-0.05, 0) is 25.0 Å². The highest BCUT2D eigenvalue weighted by molar-refractivity contribution is 5.94. The van der Waals surface area contributed by atoms with Crippen molar-refractivity contribution in [2.45, 2.75) is 51.6 Å². The van der Waals surface area contributed by atoms with Crippen LogP contribution in [0.15, 0.2) is 30.5 Å². The Hall–Kier alpha value is -2.21. The molecule has 0 saturated carbocycles. The van der Waals surface area contributed by atoms with Crippen molar-refractivity contribution in [3.63, 3.8) is 0 Å². The van der Waals surface area contributed by atoms with Gasteiger partial charge in [-0.1, -0.05) is 32.9 Å². The molecule has 2 N–H and O–H groups in total. The Bertz CT molecular complexity index is 757. The minimum Gasteiger partial charge on any atom is -0.338 e. The van der Waals surface area contributed by atoms with Gasteiger partial charge in [0.15, 0.2) is 0 Å². The van der Waals surface area contributed by atoms with Gasteiger partial charge in [-0.2, -0.15) is 5.10 Å². The second-order valence-electron chi connectivity index (χ2n) is 7.95. The number of aromatic amines is 1. The fraction of sp³-hybridized carbons (Fsp3) is 0.500. The summed E-state index contributed by atoms with van der Waals surface area (Å²) < 4.78 is 13.8. The first-order valence-electron chi connectivity index (χ1n) is 9.16. The molecule has 5 nitrogen and oxygen atoms in total. The predicted molar refractivity (Wildman–Crippen MR) is 99.5 cm³/mol. The highest BCUT2D eigenvalue weighted by Crippen LogP contribution is 2.24. The zero-order valence-corrected chi connectivity index (χ0v) is 15.7. The largest absolute Gasteiger partial charge is 0.338 e. The van der Waals surface area contributed by atoms with Gasteiger partial charge in [0, 0.05) is 42.3 Å². The van der Waals surface area contributed by atoms with Gasteiger partial charge in [-0.3, -0.25) is 9.89 Å². The monoisotopic (exact) mass is 358 g/mol. The molecule has 0 atom stereocenters. The number of rotatable bonds is 4. The van der Waals surface area contributed by atoms with Crippen molar-refractivity contribution >= 4 is 5.91 Å². The molecule has 1 aliphatic rings. The van der Waals surface area contributed by atoms with E-state index in [2.05, 4.69) is 36.3 Å². The van der Waals surface area contributed by atoms with Crippen molar-refractivity contribution < 1.29 is 9.18 Å². The van der Waals surface area contributed by atoms with E-state index in [0.717, 1.165) is 25.1 Å². The lowest BCUT2D eigenvalue weighted by Crippen LogP contribution is -2.45. The van der Waals surface area contributed by atoms with Gasteiger partial charge in [-0.15, -0.1) is 0 Å². The van der Waals surface area contributed by atoms with Crippen LogP contribution in [0.5, 0.6) is 0 Å². The number of nitrogens with one attached hydrogen (secondary N) is 2. The number of carbonyl (C=O) groups is 1.